The van der Waals surface area contributed by atoms with Gasteiger partial charge in [-0.3, -0.25) is 9.78 Å². The summed E-state index contributed by atoms with van der Waals surface area (Å²) in [6.07, 6.45) is 4.46. The third-order valence-corrected chi connectivity index (χ3v) is 6.65. The summed E-state index contributed by atoms with van der Waals surface area (Å²) in [6.45, 7) is 4.17. The van der Waals surface area contributed by atoms with Crippen LogP contribution in [0.4, 0.5) is 5.69 Å². The lowest BCUT2D eigenvalue weighted by atomic mass is 9.94. The Hall–Kier alpha value is -2.22. The molecule has 1 saturated heterocycles. The number of hydrogen-bond acceptors (Lipinski definition) is 5. The van der Waals surface area contributed by atoms with Gasteiger partial charge in [0, 0.05) is 44.4 Å². The second kappa shape index (κ2) is 9.94. The van der Waals surface area contributed by atoms with Crippen LogP contribution in [-0.2, 0) is 9.53 Å². The highest BCUT2D eigenvalue weighted by Gasteiger charge is 2.33. The monoisotopic (exact) mass is 439 g/mol. The number of rotatable bonds is 6. The van der Waals surface area contributed by atoms with E-state index in [2.05, 4.69) is 40.1 Å². The van der Waals surface area contributed by atoms with Crippen LogP contribution in [0.2, 0.25) is 0 Å². The number of pyridine rings is 1. The van der Waals surface area contributed by atoms with Crippen molar-refractivity contribution in [3.05, 3.63) is 58.9 Å². The van der Waals surface area contributed by atoms with E-state index in [1.807, 2.05) is 25.1 Å². The Morgan fingerprint density at radius 1 is 1.26 bits per heavy atom. The van der Waals surface area contributed by atoms with Gasteiger partial charge in [0.25, 0.3) is 5.91 Å². The number of fused-ring (bicyclic) bond motifs is 1. The van der Waals surface area contributed by atoms with Gasteiger partial charge in [-0.25, -0.2) is 4.99 Å². The standard InChI is InChI=1S/C24H29N3O3S/c1-15-6-9-25-22(20-12-17(14-28)18-4-2-3-5-19(18)20)21(15)27-24(31)23(29)26-13-16-7-10-30-11-8-16/h2-6,9,16-17,20,28H,7-8,10-14H2,1H3,(H,26,29)(H,27,31). The third-order valence-electron chi connectivity index (χ3n) is 6.35. The first-order valence-electron chi connectivity index (χ1n) is 10.9. The molecule has 2 aromatic rings. The van der Waals surface area contributed by atoms with Crippen LogP contribution >= 0.6 is 12.6 Å². The highest BCUT2D eigenvalue weighted by Crippen LogP contribution is 2.47. The van der Waals surface area contributed by atoms with E-state index >= 15 is 0 Å². The van der Waals surface area contributed by atoms with Gasteiger partial charge in [-0.1, -0.05) is 24.3 Å². The molecule has 4 rings (SSSR count). The number of aromatic nitrogens is 1. The predicted molar refractivity (Wildman–Crippen MR) is 124 cm³/mol. The number of nitrogens with zero attached hydrogens (tertiary/aromatic N) is 2. The fourth-order valence-corrected chi connectivity index (χ4v) is 4.74. The van der Waals surface area contributed by atoms with E-state index < -0.39 is 0 Å². The zero-order chi connectivity index (χ0) is 21.8. The quantitative estimate of drug-likeness (QED) is 0.365. The van der Waals surface area contributed by atoms with E-state index in [1.54, 1.807) is 6.20 Å². The largest absolute Gasteiger partial charge is 0.396 e. The van der Waals surface area contributed by atoms with Crippen molar-refractivity contribution in [3.63, 3.8) is 0 Å². The number of aliphatic hydroxyl groups is 1. The first-order chi connectivity index (χ1) is 15.1. The van der Waals surface area contributed by atoms with Crippen molar-refractivity contribution < 1.29 is 14.6 Å². The molecule has 0 spiro atoms. The SMILES string of the molecule is Cc1ccnc(C2CC(CO)c3ccccc32)c1/N=C(\S)C(=O)NCC1CCOCC1. The number of aryl methyl sites for hydroxylation is 1. The van der Waals surface area contributed by atoms with Gasteiger partial charge in [-0.15, -0.1) is 12.6 Å². The second-order valence-electron chi connectivity index (χ2n) is 8.36. The Morgan fingerprint density at radius 2 is 2.00 bits per heavy atom. The molecule has 31 heavy (non-hydrogen) atoms. The van der Waals surface area contributed by atoms with E-state index in [1.165, 1.54) is 5.56 Å². The van der Waals surface area contributed by atoms with Crippen LogP contribution in [0.3, 0.4) is 0 Å². The number of aliphatic hydroxyl groups excluding tert-OH is 1. The number of nitrogens with one attached hydrogen (secondary N) is 1. The summed E-state index contributed by atoms with van der Waals surface area (Å²) >= 11 is 4.41. The Bertz CT molecular complexity index is 972. The summed E-state index contributed by atoms with van der Waals surface area (Å²) in [5.41, 5.74) is 4.78. The summed E-state index contributed by atoms with van der Waals surface area (Å²) in [6, 6.07) is 10.1. The van der Waals surface area contributed by atoms with Crippen LogP contribution in [0.25, 0.3) is 0 Å². The molecule has 2 aliphatic rings. The smallest absolute Gasteiger partial charge is 0.276 e. The molecule has 2 heterocycles. The minimum absolute atomic E-state index is 0.0263. The summed E-state index contributed by atoms with van der Waals surface area (Å²) in [4.78, 5) is 21.9. The molecule has 6 nitrogen and oxygen atoms in total. The molecule has 1 aliphatic heterocycles. The minimum Gasteiger partial charge on any atom is -0.396 e. The molecule has 2 N–H and O–H groups in total. The minimum atomic E-state index is -0.274. The third kappa shape index (κ3) is 4.84. The first kappa shape index (κ1) is 22.0. The molecule has 1 aliphatic carbocycles. The van der Waals surface area contributed by atoms with E-state index in [0.717, 1.165) is 49.3 Å². The van der Waals surface area contributed by atoms with E-state index in [4.69, 9.17) is 4.74 Å². The molecule has 1 aromatic carbocycles. The molecule has 1 aromatic heterocycles. The average molecular weight is 440 g/mol. The van der Waals surface area contributed by atoms with Gasteiger partial charge in [0.15, 0.2) is 5.04 Å². The summed E-state index contributed by atoms with van der Waals surface area (Å²) in [5, 5.41) is 13.0. The maximum absolute atomic E-state index is 12.6. The van der Waals surface area contributed by atoms with E-state index in [0.29, 0.717) is 18.2 Å². The Balaban J connectivity index is 1.57. The van der Waals surface area contributed by atoms with E-state index in [-0.39, 0.29) is 29.4 Å². The lowest BCUT2D eigenvalue weighted by Crippen LogP contribution is -2.34. The Kier molecular flexibility index (Phi) is 7.05. The van der Waals surface area contributed by atoms with Gasteiger partial charge < -0.3 is 15.2 Å². The predicted octanol–water partition coefficient (Wildman–Crippen LogP) is 3.50. The van der Waals surface area contributed by atoms with Gasteiger partial charge >= 0.3 is 0 Å². The van der Waals surface area contributed by atoms with Crippen LogP contribution in [0, 0.1) is 12.8 Å². The van der Waals surface area contributed by atoms with Crippen molar-refractivity contribution >= 4 is 29.3 Å². The van der Waals surface area contributed by atoms with Gasteiger partial charge in [-0.2, -0.15) is 0 Å². The van der Waals surface area contributed by atoms with Crippen molar-refractivity contribution in [2.75, 3.05) is 26.4 Å². The van der Waals surface area contributed by atoms with Gasteiger partial charge in [0.05, 0.1) is 11.4 Å². The number of hydrogen-bond donors (Lipinski definition) is 3. The molecule has 0 radical (unpaired) electrons. The summed E-state index contributed by atoms with van der Waals surface area (Å²) < 4.78 is 5.37. The van der Waals surface area contributed by atoms with Crippen molar-refractivity contribution in [3.8, 4) is 0 Å². The van der Waals surface area contributed by atoms with Crippen molar-refractivity contribution in [1.29, 1.82) is 0 Å². The Morgan fingerprint density at radius 3 is 2.74 bits per heavy atom. The van der Waals surface area contributed by atoms with Gasteiger partial charge in [-0.05, 0) is 54.9 Å². The lowest BCUT2D eigenvalue weighted by Gasteiger charge is -2.22. The highest BCUT2D eigenvalue weighted by molar-refractivity contribution is 7.99. The maximum atomic E-state index is 12.6. The average Bonchev–Trinajstić information content (AvgIpc) is 3.18. The van der Waals surface area contributed by atoms with Crippen LogP contribution in [0.15, 0.2) is 41.5 Å². The molecule has 0 saturated carbocycles. The fourth-order valence-electron chi connectivity index (χ4n) is 4.57. The van der Waals surface area contributed by atoms with Crippen LogP contribution in [0.1, 0.15) is 53.5 Å². The number of aliphatic imine (C=N–C) groups is 1. The second-order valence-corrected chi connectivity index (χ2v) is 8.78. The molecule has 2 atom stereocenters. The van der Waals surface area contributed by atoms with Crippen molar-refractivity contribution in [2.24, 2.45) is 10.9 Å². The number of benzene rings is 1. The molecule has 7 heteroatoms. The van der Waals surface area contributed by atoms with Gasteiger partial charge in [0.1, 0.15) is 0 Å². The first-order valence-corrected chi connectivity index (χ1v) is 11.3. The number of amides is 1. The lowest BCUT2D eigenvalue weighted by molar-refractivity contribution is -0.114. The molecule has 0 bridgehead atoms. The van der Waals surface area contributed by atoms with Crippen molar-refractivity contribution in [1.82, 2.24) is 10.3 Å². The van der Waals surface area contributed by atoms with E-state index in [9.17, 15) is 9.90 Å². The summed E-state index contributed by atoms with van der Waals surface area (Å²) in [7, 11) is 0. The Labute approximate surface area is 188 Å². The molecular formula is C24H29N3O3S. The summed E-state index contributed by atoms with van der Waals surface area (Å²) in [5.74, 6) is 0.265. The highest BCUT2D eigenvalue weighted by atomic mass is 32.1. The molecule has 2 unspecified atom stereocenters. The van der Waals surface area contributed by atoms with Crippen LogP contribution in [-0.4, -0.2) is 47.4 Å². The van der Waals surface area contributed by atoms with Crippen LogP contribution in [0.5, 0.6) is 0 Å². The zero-order valence-electron chi connectivity index (χ0n) is 17.8. The van der Waals surface area contributed by atoms with Crippen LogP contribution < -0.4 is 5.32 Å². The molecule has 1 amide bonds. The number of carbonyl (C=O) groups is 1. The zero-order valence-corrected chi connectivity index (χ0v) is 18.6. The molecular weight excluding hydrogens is 410 g/mol. The number of carbonyl (C=O) groups excluding carboxylic acids is 1. The van der Waals surface area contributed by atoms with Crippen molar-refractivity contribution in [2.45, 2.75) is 38.0 Å². The molecule has 164 valence electrons. The van der Waals surface area contributed by atoms with Gasteiger partial charge in [0.2, 0.25) is 0 Å². The maximum Gasteiger partial charge on any atom is 0.276 e. The fraction of sp³-hybridized carbons (Fsp3) is 0.458. The molecule has 1 fully saturated rings. The topological polar surface area (TPSA) is 83.8 Å². The number of ether oxygens (including phenoxy) is 1. The number of thiol groups is 1. The normalized spacial score (nSPS) is 21.7.